The summed E-state index contributed by atoms with van der Waals surface area (Å²) in [5, 5.41) is 12.9. The fourth-order valence-corrected chi connectivity index (χ4v) is 4.11. The zero-order valence-corrected chi connectivity index (χ0v) is 15.4. The highest BCUT2D eigenvalue weighted by atomic mass is 16.5. The standard InChI is InChI=1S/C21H26N2O4/c24-18-5-2-1-4-16(18)15-23-11-9-21(10-12-23)8-7-17(27-21)14-22-20(25)19-6-3-13-26-19/h1-6,13,17,24H,7-12,14-15H2,(H,22,25). The number of furan rings is 1. The summed E-state index contributed by atoms with van der Waals surface area (Å²) in [5.74, 6) is 0.504. The lowest BCUT2D eigenvalue weighted by atomic mass is 9.88. The second-order valence-corrected chi connectivity index (χ2v) is 7.55. The van der Waals surface area contributed by atoms with Crippen LogP contribution in [0.4, 0.5) is 0 Å². The van der Waals surface area contributed by atoms with E-state index < -0.39 is 0 Å². The molecule has 2 aliphatic heterocycles. The Hall–Kier alpha value is -2.31. The van der Waals surface area contributed by atoms with Crippen molar-refractivity contribution in [2.24, 2.45) is 0 Å². The zero-order valence-electron chi connectivity index (χ0n) is 15.4. The van der Waals surface area contributed by atoms with Crippen molar-refractivity contribution in [2.75, 3.05) is 19.6 Å². The lowest BCUT2D eigenvalue weighted by Crippen LogP contribution is -2.44. The second-order valence-electron chi connectivity index (χ2n) is 7.55. The lowest BCUT2D eigenvalue weighted by molar-refractivity contribution is -0.0765. The van der Waals surface area contributed by atoms with Gasteiger partial charge < -0.3 is 19.6 Å². The van der Waals surface area contributed by atoms with E-state index in [2.05, 4.69) is 10.2 Å². The number of rotatable bonds is 5. The fraction of sp³-hybridized carbons (Fsp3) is 0.476. The molecule has 1 amide bonds. The van der Waals surface area contributed by atoms with Gasteiger partial charge in [-0.25, -0.2) is 0 Å². The molecule has 1 aromatic carbocycles. The first-order valence-corrected chi connectivity index (χ1v) is 9.62. The summed E-state index contributed by atoms with van der Waals surface area (Å²) in [6.45, 7) is 3.20. The Balaban J connectivity index is 1.24. The molecular weight excluding hydrogens is 344 g/mol. The van der Waals surface area contributed by atoms with Gasteiger partial charge in [-0.1, -0.05) is 18.2 Å². The molecule has 3 heterocycles. The van der Waals surface area contributed by atoms with Crippen molar-refractivity contribution >= 4 is 5.91 Å². The molecule has 4 rings (SSSR count). The van der Waals surface area contributed by atoms with E-state index in [9.17, 15) is 9.90 Å². The van der Waals surface area contributed by atoms with E-state index in [1.165, 1.54) is 6.26 Å². The number of likely N-dealkylation sites (tertiary alicyclic amines) is 1. The molecule has 1 unspecified atom stereocenters. The van der Waals surface area contributed by atoms with Crippen LogP contribution in [0.2, 0.25) is 0 Å². The minimum absolute atomic E-state index is 0.0602. The minimum atomic E-state index is -0.193. The zero-order chi connectivity index (χ0) is 18.7. The number of carbonyl (C=O) groups excluding carboxylic acids is 1. The van der Waals surface area contributed by atoms with Gasteiger partial charge in [0.1, 0.15) is 5.75 Å². The maximum absolute atomic E-state index is 12.0. The van der Waals surface area contributed by atoms with Gasteiger partial charge in [-0.3, -0.25) is 9.69 Å². The molecular formula is C21H26N2O4. The van der Waals surface area contributed by atoms with Gasteiger partial charge in [0.25, 0.3) is 5.91 Å². The van der Waals surface area contributed by atoms with E-state index in [0.29, 0.717) is 18.1 Å². The summed E-state index contributed by atoms with van der Waals surface area (Å²) in [6.07, 6.45) is 5.55. The van der Waals surface area contributed by atoms with Gasteiger partial charge in [-0.2, -0.15) is 0 Å². The summed E-state index contributed by atoms with van der Waals surface area (Å²) in [6, 6.07) is 10.9. The summed E-state index contributed by atoms with van der Waals surface area (Å²) in [4.78, 5) is 14.4. The number of nitrogens with zero attached hydrogens (tertiary/aromatic N) is 1. The Morgan fingerprint density at radius 2 is 2.00 bits per heavy atom. The molecule has 144 valence electrons. The highest BCUT2D eigenvalue weighted by Crippen LogP contribution is 2.39. The molecule has 2 aromatic rings. The van der Waals surface area contributed by atoms with Gasteiger partial charge in [0.15, 0.2) is 5.76 Å². The van der Waals surface area contributed by atoms with Crippen molar-refractivity contribution in [1.29, 1.82) is 0 Å². The van der Waals surface area contributed by atoms with E-state index in [1.807, 2.05) is 18.2 Å². The minimum Gasteiger partial charge on any atom is -0.508 e. The average Bonchev–Trinajstić information content (AvgIpc) is 3.35. The summed E-state index contributed by atoms with van der Waals surface area (Å²) >= 11 is 0. The van der Waals surface area contributed by atoms with Crippen LogP contribution in [0.5, 0.6) is 5.75 Å². The molecule has 2 saturated heterocycles. The normalized spacial score (nSPS) is 22.1. The fourth-order valence-electron chi connectivity index (χ4n) is 4.11. The largest absolute Gasteiger partial charge is 0.508 e. The van der Waals surface area contributed by atoms with Gasteiger partial charge in [0, 0.05) is 31.7 Å². The summed E-state index contributed by atoms with van der Waals surface area (Å²) in [7, 11) is 0. The Labute approximate surface area is 159 Å². The third kappa shape index (κ3) is 4.17. The number of aromatic hydroxyl groups is 1. The number of para-hydroxylation sites is 1. The van der Waals surface area contributed by atoms with Crippen LogP contribution in [0.15, 0.2) is 47.1 Å². The quantitative estimate of drug-likeness (QED) is 0.846. The first-order valence-electron chi connectivity index (χ1n) is 9.62. The molecule has 6 heteroatoms. The van der Waals surface area contributed by atoms with Crippen LogP contribution < -0.4 is 5.32 Å². The van der Waals surface area contributed by atoms with Crippen LogP contribution in [0.3, 0.4) is 0 Å². The number of piperidine rings is 1. The molecule has 2 aliphatic rings. The highest BCUT2D eigenvalue weighted by Gasteiger charge is 2.42. The molecule has 0 bridgehead atoms. The Morgan fingerprint density at radius 1 is 1.19 bits per heavy atom. The molecule has 6 nitrogen and oxygen atoms in total. The molecule has 1 spiro atoms. The SMILES string of the molecule is O=C(NCC1CCC2(CCN(Cc3ccccc3O)CC2)O1)c1ccco1. The molecule has 2 N–H and O–H groups in total. The van der Waals surface area contributed by atoms with E-state index in [0.717, 1.165) is 50.9 Å². The monoisotopic (exact) mass is 370 g/mol. The lowest BCUT2D eigenvalue weighted by Gasteiger charge is -2.39. The van der Waals surface area contributed by atoms with Crippen LogP contribution in [0, 0.1) is 0 Å². The van der Waals surface area contributed by atoms with Gasteiger partial charge in [-0.05, 0) is 43.9 Å². The number of hydrogen-bond donors (Lipinski definition) is 2. The Kier molecular flexibility index (Phi) is 5.18. The van der Waals surface area contributed by atoms with E-state index in [1.54, 1.807) is 18.2 Å². The van der Waals surface area contributed by atoms with Crippen LogP contribution >= 0.6 is 0 Å². The number of nitrogens with one attached hydrogen (secondary N) is 1. The van der Waals surface area contributed by atoms with Gasteiger partial charge >= 0.3 is 0 Å². The van der Waals surface area contributed by atoms with E-state index in [4.69, 9.17) is 9.15 Å². The molecule has 1 aromatic heterocycles. The smallest absolute Gasteiger partial charge is 0.287 e. The second kappa shape index (κ2) is 7.74. The molecule has 2 fully saturated rings. The van der Waals surface area contributed by atoms with Gasteiger partial charge in [0.05, 0.1) is 18.0 Å². The number of phenolic OH excluding ortho intramolecular Hbond substituents is 1. The first kappa shape index (κ1) is 18.1. The Morgan fingerprint density at radius 3 is 2.74 bits per heavy atom. The number of benzene rings is 1. The van der Waals surface area contributed by atoms with E-state index in [-0.39, 0.29) is 17.6 Å². The van der Waals surface area contributed by atoms with Crippen molar-refractivity contribution < 1.29 is 19.1 Å². The molecule has 0 saturated carbocycles. The number of ether oxygens (including phenoxy) is 1. The third-order valence-electron chi connectivity index (χ3n) is 5.73. The topological polar surface area (TPSA) is 74.9 Å². The molecule has 0 radical (unpaired) electrons. The molecule has 0 aliphatic carbocycles. The van der Waals surface area contributed by atoms with Crippen molar-refractivity contribution in [2.45, 2.75) is 43.9 Å². The van der Waals surface area contributed by atoms with E-state index >= 15 is 0 Å². The van der Waals surface area contributed by atoms with Gasteiger partial charge in [-0.15, -0.1) is 0 Å². The molecule has 1 atom stereocenters. The van der Waals surface area contributed by atoms with Crippen LogP contribution in [-0.2, 0) is 11.3 Å². The highest BCUT2D eigenvalue weighted by molar-refractivity contribution is 5.91. The molecule has 27 heavy (non-hydrogen) atoms. The number of hydrogen-bond acceptors (Lipinski definition) is 5. The average molecular weight is 370 g/mol. The first-order chi connectivity index (χ1) is 13.1. The third-order valence-corrected chi connectivity index (χ3v) is 5.73. The van der Waals surface area contributed by atoms with Crippen molar-refractivity contribution in [3.63, 3.8) is 0 Å². The van der Waals surface area contributed by atoms with Crippen LogP contribution in [-0.4, -0.2) is 47.3 Å². The van der Waals surface area contributed by atoms with Crippen molar-refractivity contribution in [3.05, 3.63) is 54.0 Å². The van der Waals surface area contributed by atoms with Crippen LogP contribution in [0.25, 0.3) is 0 Å². The number of carbonyl (C=O) groups is 1. The number of phenols is 1. The predicted molar refractivity (Wildman–Crippen MR) is 100 cm³/mol. The number of amides is 1. The maximum Gasteiger partial charge on any atom is 0.287 e. The maximum atomic E-state index is 12.0. The Bertz CT molecular complexity index is 766. The predicted octanol–water partition coefficient (Wildman–Crippen LogP) is 2.93. The van der Waals surface area contributed by atoms with Crippen LogP contribution in [0.1, 0.15) is 41.8 Å². The summed E-state index contributed by atoms with van der Waals surface area (Å²) in [5.41, 5.74) is 0.911. The summed E-state index contributed by atoms with van der Waals surface area (Å²) < 4.78 is 11.5. The van der Waals surface area contributed by atoms with Gasteiger partial charge in [0.2, 0.25) is 0 Å². The van der Waals surface area contributed by atoms with Crippen molar-refractivity contribution in [1.82, 2.24) is 10.2 Å². The van der Waals surface area contributed by atoms with Crippen molar-refractivity contribution in [3.8, 4) is 5.75 Å².